The number of hydrogen-bond acceptors (Lipinski definition) is 2. The second-order valence-corrected chi connectivity index (χ2v) is 7.89. The molecular weight excluding hydrogens is 368 g/mol. The summed E-state index contributed by atoms with van der Waals surface area (Å²) < 4.78 is 0. The minimum absolute atomic E-state index is 0.0624. The van der Waals surface area contributed by atoms with E-state index in [0.717, 1.165) is 29.7 Å². The Bertz CT molecular complexity index is 1080. The van der Waals surface area contributed by atoms with Gasteiger partial charge in [-0.3, -0.25) is 9.79 Å². The fourth-order valence-corrected chi connectivity index (χ4v) is 4.76. The number of nitrogens with one attached hydrogen (secondary N) is 1. The summed E-state index contributed by atoms with van der Waals surface area (Å²) in [6.07, 6.45) is 9.76. The maximum Gasteiger partial charge on any atom is 0.248 e. The zero-order valence-corrected chi connectivity index (χ0v) is 16.8. The lowest BCUT2D eigenvalue weighted by atomic mass is 9.63. The van der Waals surface area contributed by atoms with Crippen LogP contribution < -0.4 is 5.56 Å². The molecule has 2 bridgehead atoms. The van der Waals surface area contributed by atoms with Gasteiger partial charge in [0.05, 0.1) is 0 Å². The van der Waals surface area contributed by atoms with Gasteiger partial charge in [0.2, 0.25) is 5.56 Å². The fourth-order valence-electron chi connectivity index (χ4n) is 4.58. The number of benzene rings is 1. The molecule has 4 heteroatoms. The van der Waals surface area contributed by atoms with Gasteiger partial charge < -0.3 is 4.98 Å². The van der Waals surface area contributed by atoms with Crippen molar-refractivity contribution in [1.29, 1.82) is 0 Å². The normalized spacial score (nSPS) is 25.7. The van der Waals surface area contributed by atoms with Crippen LogP contribution in [0.3, 0.4) is 0 Å². The Labute approximate surface area is 170 Å². The monoisotopic (exact) mass is 390 g/mol. The van der Waals surface area contributed by atoms with Crippen LogP contribution in [0.15, 0.2) is 81.6 Å². The van der Waals surface area contributed by atoms with E-state index in [1.54, 1.807) is 6.07 Å². The van der Waals surface area contributed by atoms with Gasteiger partial charge in [-0.15, -0.1) is 0 Å². The van der Waals surface area contributed by atoms with Gasteiger partial charge in [0, 0.05) is 40.9 Å². The van der Waals surface area contributed by atoms with Crippen molar-refractivity contribution in [2.75, 3.05) is 0 Å². The molecule has 0 unspecified atom stereocenters. The van der Waals surface area contributed by atoms with Crippen molar-refractivity contribution < 1.29 is 0 Å². The molecule has 2 aliphatic rings. The average molecular weight is 391 g/mol. The first-order chi connectivity index (χ1) is 13.5. The minimum atomic E-state index is -0.486. The molecule has 2 atom stereocenters. The number of allylic oxidation sites excluding steroid dienone is 3. The second kappa shape index (κ2) is 7.40. The van der Waals surface area contributed by atoms with Crippen LogP contribution in [-0.4, -0.2) is 11.2 Å². The highest BCUT2D eigenvalue weighted by Gasteiger charge is 2.46. The molecule has 0 saturated carbocycles. The Hall–Kier alpha value is -2.65. The van der Waals surface area contributed by atoms with E-state index in [9.17, 15) is 4.79 Å². The van der Waals surface area contributed by atoms with Crippen molar-refractivity contribution in [1.82, 2.24) is 4.98 Å². The van der Waals surface area contributed by atoms with E-state index in [4.69, 9.17) is 16.6 Å². The largest absolute Gasteiger partial charge is 0.326 e. The van der Waals surface area contributed by atoms with Gasteiger partial charge in [0.25, 0.3) is 0 Å². The predicted molar refractivity (Wildman–Crippen MR) is 117 cm³/mol. The zero-order chi connectivity index (χ0) is 19.7. The van der Waals surface area contributed by atoms with Crippen LogP contribution in [-0.2, 0) is 12.0 Å². The van der Waals surface area contributed by atoms with Gasteiger partial charge in [0.1, 0.15) is 5.54 Å². The van der Waals surface area contributed by atoms with Crippen molar-refractivity contribution in [2.24, 2.45) is 10.9 Å². The molecular formula is C24H23ClN2O. The van der Waals surface area contributed by atoms with Crippen LogP contribution in [0, 0.1) is 5.92 Å². The second-order valence-electron chi connectivity index (χ2n) is 7.48. The lowest BCUT2D eigenvalue weighted by molar-refractivity contribution is 0.413. The molecule has 1 heterocycles. The summed E-state index contributed by atoms with van der Waals surface area (Å²) in [5, 5.41) is 0.653. The first-order valence-electron chi connectivity index (χ1n) is 9.56. The number of H-pyrrole nitrogens is 1. The summed E-state index contributed by atoms with van der Waals surface area (Å²) >= 11 is 6.47. The number of halogens is 1. The predicted octanol–water partition coefficient (Wildman–Crippen LogP) is 5.39. The molecule has 1 aromatic carbocycles. The Kier molecular flexibility index (Phi) is 4.94. The molecule has 4 rings (SSSR count). The lowest BCUT2D eigenvalue weighted by Gasteiger charge is -2.45. The zero-order valence-electron chi connectivity index (χ0n) is 16.1. The molecule has 0 fully saturated rings. The molecule has 1 N–H and O–H groups in total. The highest BCUT2D eigenvalue weighted by molar-refractivity contribution is 6.49. The maximum atomic E-state index is 11.9. The molecule has 1 aromatic heterocycles. The third-order valence-electron chi connectivity index (χ3n) is 5.64. The Morgan fingerprint density at radius 1 is 1.25 bits per heavy atom. The summed E-state index contributed by atoms with van der Waals surface area (Å²) in [6, 6.07) is 13.4. The van der Waals surface area contributed by atoms with Crippen molar-refractivity contribution in [2.45, 2.75) is 32.2 Å². The number of aromatic amines is 1. The summed E-state index contributed by atoms with van der Waals surface area (Å²) in [4.78, 5) is 20.0. The third-order valence-corrected chi connectivity index (χ3v) is 5.99. The molecule has 2 aromatic rings. The summed E-state index contributed by atoms with van der Waals surface area (Å²) in [6.45, 7) is 4.23. The van der Waals surface area contributed by atoms with E-state index in [1.807, 2.05) is 48.7 Å². The standard InChI is InChI=1S/C24H23ClN2O/c1-3-19-18-13-16(2)15-24(19,20-9-10-23(28)27-22(20)14-18)26-12-11-21(25)17-7-5-4-6-8-17/h3-13,18H,14-15H2,1-2H3,(H,27,28)/b19-3+,21-11-,26-12?/t18-,24+/m0/s1. The fraction of sp³-hybridized carbons (Fsp3) is 0.250. The number of nitrogens with zero attached hydrogens (tertiary/aromatic N) is 1. The number of pyridine rings is 1. The lowest BCUT2D eigenvalue weighted by Crippen LogP contribution is -2.40. The van der Waals surface area contributed by atoms with Gasteiger partial charge in [-0.2, -0.15) is 0 Å². The number of fused-ring (bicyclic) bond motifs is 4. The molecule has 142 valence electrons. The Balaban J connectivity index is 1.82. The molecule has 0 saturated heterocycles. The number of rotatable bonds is 3. The summed E-state index contributed by atoms with van der Waals surface area (Å²) in [5.41, 5.74) is 5.10. The van der Waals surface area contributed by atoms with Gasteiger partial charge >= 0.3 is 0 Å². The number of aliphatic imine (C=N–C) groups is 1. The molecule has 3 nitrogen and oxygen atoms in total. The van der Waals surface area contributed by atoms with E-state index in [0.29, 0.717) is 5.03 Å². The molecule has 0 radical (unpaired) electrons. The SMILES string of the molecule is C/C=C1\[C@H]2C=C(C)C[C@]1(N=C/C=C(\Cl)c1ccccc1)c1ccc(=O)[nH]c1C2. The minimum Gasteiger partial charge on any atom is -0.326 e. The molecule has 0 amide bonds. The smallest absolute Gasteiger partial charge is 0.248 e. The molecule has 0 aliphatic heterocycles. The highest BCUT2D eigenvalue weighted by atomic mass is 35.5. The average Bonchev–Trinajstić information content (AvgIpc) is 2.67. The topological polar surface area (TPSA) is 45.2 Å². The van der Waals surface area contributed by atoms with Crippen molar-refractivity contribution in [3.8, 4) is 0 Å². The van der Waals surface area contributed by atoms with Crippen LogP contribution in [0.1, 0.15) is 37.1 Å². The highest BCUT2D eigenvalue weighted by Crippen LogP contribution is 2.51. The van der Waals surface area contributed by atoms with Crippen molar-refractivity contribution in [3.63, 3.8) is 0 Å². The van der Waals surface area contributed by atoms with Gasteiger partial charge in [-0.25, -0.2) is 0 Å². The Morgan fingerprint density at radius 3 is 2.79 bits per heavy atom. The van der Waals surface area contributed by atoms with Crippen LogP contribution in [0.2, 0.25) is 0 Å². The van der Waals surface area contributed by atoms with E-state index in [-0.39, 0.29) is 11.5 Å². The van der Waals surface area contributed by atoms with Gasteiger partial charge in [-0.1, -0.05) is 59.7 Å². The molecule has 28 heavy (non-hydrogen) atoms. The summed E-state index contributed by atoms with van der Waals surface area (Å²) in [7, 11) is 0. The van der Waals surface area contributed by atoms with Crippen LogP contribution in [0.5, 0.6) is 0 Å². The van der Waals surface area contributed by atoms with E-state index < -0.39 is 5.54 Å². The van der Waals surface area contributed by atoms with Crippen molar-refractivity contribution in [3.05, 3.63) is 99.0 Å². The first kappa shape index (κ1) is 18.7. The quantitative estimate of drug-likeness (QED) is 0.554. The Morgan fingerprint density at radius 2 is 2.04 bits per heavy atom. The van der Waals surface area contributed by atoms with Crippen molar-refractivity contribution >= 4 is 22.8 Å². The molecule has 0 spiro atoms. The van der Waals surface area contributed by atoms with Crippen LogP contribution in [0.25, 0.3) is 5.03 Å². The van der Waals surface area contributed by atoms with E-state index >= 15 is 0 Å². The van der Waals surface area contributed by atoms with E-state index in [1.165, 1.54) is 11.1 Å². The summed E-state index contributed by atoms with van der Waals surface area (Å²) in [5.74, 6) is 0.259. The first-order valence-corrected chi connectivity index (χ1v) is 9.94. The maximum absolute atomic E-state index is 11.9. The van der Waals surface area contributed by atoms with Crippen LogP contribution in [0.4, 0.5) is 0 Å². The van der Waals surface area contributed by atoms with Gasteiger partial charge in [0.15, 0.2) is 0 Å². The van der Waals surface area contributed by atoms with E-state index in [2.05, 4.69) is 31.0 Å². The number of hydrogen-bond donors (Lipinski definition) is 1. The number of aromatic nitrogens is 1. The van der Waals surface area contributed by atoms with Crippen LogP contribution >= 0.6 is 11.6 Å². The van der Waals surface area contributed by atoms with Gasteiger partial charge in [-0.05, 0) is 43.5 Å². The molecule has 2 aliphatic carbocycles. The third kappa shape index (κ3) is 3.20.